The first-order valence-corrected chi connectivity index (χ1v) is 7.25. The zero-order chi connectivity index (χ0) is 13.9. The molecule has 0 bridgehead atoms. The van der Waals surface area contributed by atoms with Crippen LogP contribution in [0, 0.1) is 0 Å². The number of benzene rings is 2. The molecule has 0 aromatic heterocycles. The van der Waals surface area contributed by atoms with Crippen LogP contribution in [0.15, 0.2) is 58.1 Å². The fourth-order valence-electron chi connectivity index (χ4n) is 2.35. The number of nitrogens with one attached hydrogen (secondary N) is 1. The van der Waals surface area contributed by atoms with Gasteiger partial charge in [-0.15, -0.1) is 0 Å². The Morgan fingerprint density at radius 1 is 1.05 bits per heavy atom. The fraction of sp³-hybridized carbons (Fsp3) is 0.125. The predicted octanol–water partition coefficient (Wildman–Crippen LogP) is 3.53. The van der Waals surface area contributed by atoms with Gasteiger partial charge in [0.2, 0.25) is 0 Å². The first-order valence-electron chi connectivity index (χ1n) is 6.45. The van der Waals surface area contributed by atoms with Crippen LogP contribution in [0.25, 0.3) is 0 Å². The molecule has 3 rings (SSSR count). The molecular formula is C16H13BrN2O. The van der Waals surface area contributed by atoms with E-state index in [0.717, 1.165) is 28.6 Å². The molecule has 3 nitrogen and oxygen atoms in total. The minimum atomic E-state index is -0.200. The van der Waals surface area contributed by atoms with Crippen molar-refractivity contribution in [1.29, 1.82) is 0 Å². The van der Waals surface area contributed by atoms with Crippen LogP contribution in [0.4, 0.5) is 0 Å². The van der Waals surface area contributed by atoms with Crippen molar-refractivity contribution >= 4 is 27.5 Å². The quantitative estimate of drug-likeness (QED) is 0.842. The van der Waals surface area contributed by atoms with E-state index in [1.807, 2.05) is 36.4 Å². The molecule has 0 fully saturated rings. The third kappa shape index (κ3) is 2.51. The van der Waals surface area contributed by atoms with E-state index in [1.165, 1.54) is 5.56 Å². The molecular weight excluding hydrogens is 316 g/mol. The molecule has 1 aliphatic carbocycles. The van der Waals surface area contributed by atoms with Crippen LogP contribution in [0.2, 0.25) is 0 Å². The number of aryl methyl sites for hydroxylation is 1. The standard InChI is InChI=1S/C16H13BrN2O/c17-14-8-4-3-7-13(14)16(20)19-18-15-10-9-11-5-1-2-6-12(11)15/h1-8H,9-10H2,(H,19,20). The summed E-state index contributed by atoms with van der Waals surface area (Å²) in [5.41, 5.74) is 6.61. The number of hydrogen-bond donors (Lipinski definition) is 1. The van der Waals surface area contributed by atoms with E-state index in [9.17, 15) is 4.79 Å². The van der Waals surface area contributed by atoms with Crippen molar-refractivity contribution < 1.29 is 4.79 Å². The maximum atomic E-state index is 12.1. The van der Waals surface area contributed by atoms with Crippen LogP contribution in [-0.4, -0.2) is 11.6 Å². The number of carbonyl (C=O) groups is 1. The van der Waals surface area contributed by atoms with Crippen molar-refractivity contribution in [3.8, 4) is 0 Å². The molecule has 0 atom stereocenters. The van der Waals surface area contributed by atoms with Gasteiger partial charge in [0.05, 0.1) is 11.3 Å². The number of halogens is 1. The second kappa shape index (κ2) is 5.59. The van der Waals surface area contributed by atoms with E-state index >= 15 is 0 Å². The first kappa shape index (κ1) is 13.1. The zero-order valence-corrected chi connectivity index (χ0v) is 12.4. The topological polar surface area (TPSA) is 41.5 Å². The molecule has 20 heavy (non-hydrogen) atoms. The average Bonchev–Trinajstić information content (AvgIpc) is 2.88. The van der Waals surface area contributed by atoms with Gasteiger partial charge < -0.3 is 0 Å². The normalized spacial score (nSPS) is 15.2. The summed E-state index contributed by atoms with van der Waals surface area (Å²) in [6, 6.07) is 15.5. The highest BCUT2D eigenvalue weighted by molar-refractivity contribution is 9.10. The van der Waals surface area contributed by atoms with Crippen LogP contribution >= 0.6 is 15.9 Å². The van der Waals surface area contributed by atoms with Crippen molar-refractivity contribution in [2.75, 3.05) is 0 Å². The van der Waals surface area contributed by atoms with E-state index in [4.69, 9.17) is 0 Å². The van der Waals surface area contributed by atoms with Gasteiger partial charge in [-0.2, -0.15) is 5.10 Å². The number of hydrazone groups is 1. The minimum absolute atomic E-state index is 0.200. The first-order chi connectivity index (χ1) is 9.75. The molecule has 0 heterocycles. The summed E-state index contributed by atoms with van der Waals surface area (Å²) in [5.74, 6) is -0.200. The molecule has 1 N–H and O–H groups in total. The van der Waals surface area contributed by atoms with Crippen molar-refractivity contribution in [1.82, 2.24) is 5.43 Å². The lowest BCUT2D eigenvalue weighted by Gasteiger charge is -2.04. The molecule has 0 saturated carbocycles. The highest BCUT2D eigenvalue weighted by atomic mass is 79.9. The summed E-state index contributed by atoms with van der Waals surface area (Å²) < 4.78 is 0.768. The SMILES string of the molecule is O=C(NN=C1CCc2ccccc21)c1ccccc1Br. The third-order valence-corrected chi connectivity index (χ3v) is 4.06. The van der Waals surface area contributed by atoms with Gasteiger partial charge in [0, 0.05) is 10.0 Å². The van der Waals surface area contributed by atoms with E-state index in [1.54, 1.807) is 6.07 Å². The lowest BCUT2D eigenvalue weighted by Crippen LogP contribution is -2.19. The molecule has 0 aliphatic heterocycles. The smallest absolute Gasteiger partial charge is 0.267 e. The number of carbonyl (C=O) groups excluding carboxylic acids is 1. The molecule has 1 aliphatic rings. The predicted molar refractivity (Wildman–Crippen MR) is 82.9 cm³/mol. The van der Waals surface area contributed by atoms with Crippen molar-refractivity contribution in [3.63, 3.8) is 0 Å². The Morgan fingerprint density at radius 2 is 1.80 bits per heavy atom. The van der Waals surface area contributed by atoms with Gasteiger partial charge in [-0.05, 0) is 46.5 Å². The monoisotopic (exact) mass is 328 g/mol. The van der Waals surface area contributed by atoms with Gasteiger partial charge in [0.1, 0.15) is 0 Å². The van der Waals surface area contributed by atoms with Gasteiger partial charge in [0.15, 0.2) is 0 Å². The molecule has 1 amide bonds. The molecule has 0 saturated heterocycles. The maximum absolute atomic E-state index is 12.1. The van der Waals surface area contributed by atoms with Crippen LogP contribution < -0.4 is 5.43 Å². The molecule has 100 valence electrons. The summed E-state index contributed by atoms with van der Waals surface area (Å²) in [6.07, 6.45) is 1.86. The molecule has 0 unspecified atom stereocenters. The van der Waals surface area contributed by atoms with E-state index < -0.39 is 0 Å². The second-order valence-corrected chi connectivity index (χ2v) is 5.49. The number of rotatable bonds is 2. The van der Waals surface area contributed by atoms with E-state index in [0.29, 0.717) is 5.56 Å². The van der Waals surface area contributed by atoms with Gasteiger partial charge in [0.25, 0.3) is 5.91 Å². The van der Waals surface area contributed by atoms with Crippen LogP contribution in [0.3, 0.4) is 0 Å². The Bertz CT molecular complexity index is 694. The molecule has 2 aromatic carbocycles. The van der Waals surface area contributed by atoms with Gasteiger partial charge >= 0.3 is 0 Å². The minimum Gasteiger partial charge on any atom is -0.267 e. The summed E-state index contributed by atoms with van der Waals surface area (Å²) in [7, 11) is 0. The van der Waals surface area contributed by atoms with Gasteiger partial charge in [-0.25, -0.2) is 5.43 Å². The molecule has 4 heteroatoms. The lowest BCUT2D eigenvalue weighted by molar-refractivity contribution is 0.0954. The Labute approximate surface area is 125 Å². The molecule has 0 spiro atoms. The molecule has 2 aromatic rings. The number of fused-ring (bicyclic) bond motifs is 1. The van der Waals surface area contributed by atoms with Crippen molar-refractivity contribution in [2.24, 2.45) is 5.10 Å². The number of hydrogen-bond acceptors (Lipinski definition) is 2. The highest BCUT2D eigenvalue weighted by Crippen LogP contribution is 2.22. The number of nitrogens with zero attached hydrogens (tertiary/aromatic N) is 1. The van der Waals surface area contributed by atoms with Crippen molar-refractivity contribution in [2.45, 2.75) is 12.8 Å². The Morgan fingerprint density at radius 3 is 2.65 bits per heavy atom. The summed E-state index contributed by atoms with van der Waals surface area (Å²) in [4.78, 5) is 12.1. The Balaban J connectivity index is 1.79. The lowest BCUT2D eigenvalue weighted by atomic mass is 10.1. The average molecular weight is 329 g/mol. The largest absolute Gasteiger partial charge is 0.272 e. The fourth-order valence-corrected chi connectivity index (χ4v) is 2.81. The third-order valence-electron chi connectivity index (χ3n) is 3.37. The Kier molecular flexibility index (Phi) is 3.65. The number of amides is 1. The van der Waals surface area contributed by atoms with Gasteiger partial charge in [-0.1, -0.05) is 36.4 Å². The second-order valence-electron chi connectivity index (χ2n) is 4.64. The van der Waals surface area contributed by atoms with Crippen molar-refractivity contribution in [3.05, 3.63) is 69.7 Å². The zero-order valence-electron chi connectivity index (χ0n) is 10.8. The molecule has 0 radical (unpaired) electrons. The van der Waals surface area contributed by atoms with E-state index in [2.05, 4.69) is 32.5 Å². The Hall–Kier alpha value is -1.94. The summed E-state index contributed by atoms with van der Waals surface area (Å²) >= 11 is 3.37. The van der Waals surface area contributed by atoms with Gasteiger partial charge in [-0.3, -0.25) is 4.79 Å². The highest BCUT2D eigenvalue weighted by Gasteiger charge is 2.17. The van der Waals surface area contributed by atoms with Crippen LogP contribution in [0.5, 0.6) is 0 Å². The maximum Gasteiger partial charge on any atom is 0.272 e. The van der Waals surface area contributed by atoms with E-state index in [-0.39, 0.29) is 5.91 Å². The van der Waals surface area contributed by atoms with Crippen LogP contribution in [0.1, 0.15) is 27.9 Å². The summed E-state index contributed by atoms with van der Waals surface area (Å²) in [5, 5.41) is 4.28. The summed E-state index contributed by atoms with van der Waals surface area (Å²) in [6.45, 7) is 0. The van der Waals surface area contributed by atoms with Crippen LogP contribution in [-0.2, 0) is 6.42 Å².